The molecule has 106 valence electrons. The van der Waals surface area contributed by atoms with Crippen LogP contribution in [-0.4, -0.2) is 24.9 Å². The lowest BCUT2D eigenvalue weighted by atomic mass is 10.3. The standard InChI is InChI=1S/C15H14N4OS/c1-11-13(9-20)15(21-14-7-8-16-10-17-14)19(18-11)12-5-3-2-4-6-12/h2-8,10,20H,9H2,1H3. The van der Waals surface area contributed by atoms with Crippen molar-refractivity contribution in [2.45, 2.75) is 23.6 Å². The maximum absolute atomic E-state index is 9.64. The number of nitrogens with zero attached hydrogens (tertiary/aromatic N) is 4. The Morgan fingerprint density at radius 3 is 2.67 bits per heavy atom. The first-order chi connectivity index (χ1) is 10.3. The van der Waals surface area contributed by atoms with Gasteiger partial charge in [0.15, 0.2) is 0 Å². The van der Waals surface area contributed by atoms with Gasteiger partial charge in [-0.1, -0.05) is 18.2 Å². The second-order valence-corrected chi connectivity index (χ2v) is 5.43. The first-order valence-electron chi connectivity index (χ1n) is 6.48. The number of aryl methyl sites for hydroxylation is 1. The summed E-state index contributed by atoms with van der Waals surface area (Å²) < 4.78 is 1.84. The van der Waals surface area contributed by atoms with Crippen LogP contribution < -0.4 is 0 Å². The van der Waals surface area contributed by atoms with Gasteiger partial charge in [-0.15, -0.1) is 0 Å². The van der Waals surface area contributed by atoms with Crippen LogP contribution in [0.4, 0.5) is 0 Å². The lowest BCUT2D eigenvalue weighted by Gasteiger charge is -2.08. The van der Waals surface area contributed by atoms with Crippen LogP contribution in [0.5, 0.6) is 0 Å². The summed E-state index contributed by atoms with van der Waals surface area (Å²) in [4.78, 5) is 8.14. The van der Waals surface area contributed by atoms with Crippen molar-refractivity contribution in [3.05, 3.63) is 60.2 Å². The van der Waals surface area contributed by atoms with Crippen LogP contribution in [-0.2, 0) is 6.61 Å². The van der Waals surface area contributed by atoms with Crippen molar-refractivity contribution in [3.8, 4) is 5.69 Å². The number of para-hydroxylation sites is 1. The van der Waals surface area contributed by atoms with Crippen LogP contribution in [0.2, 0.25) is 0 Å². The Balaban J connectivity index is 2.09. The maximum Gasteiger partial charge on any atom is 0.116 e. The predicted molar refractivity (Wildman–Crippen MR) is 80.4 cm³/mol. The smallest absolute Gasteiger partial charge is 0.116 e. The Morgan fingerprint density at radius 2 is 2.00 bits per heavy atom. The number of hydrogen-bond donors (Lipinski definition) is 1. The van der Waals surface area contributed by atoms with Crippen molar-refractivity contribution < 1.29 is 5.11 Å². The third-order valence-electron chi connectivity index (χ3n) is 3.05. The molecular formula is C15H14N4OS. The molecule has 0 saturated heterocycles. The molecule has 0 atom stereocenters. The largest absolute Gasteiger partial charge is 0.392 e. The van der Waals surface area contributed by atoms with E-state index in [1.807, 2.05) is 48.0 Å². The van der Waals surface area contributed by atoms with Crippen LogP contribution in [0.25, 0.3) is 5.69 Å². The molecule has 0 aliphatic heterocycles. The molecule has 0 unspecified atom stereocenters. The Kier molecular flexibility index (Phi) is 3.98. The zero-order valence-corrected chi connectivity index (χ0v) is 12.3. The minimum Gasteiger partial charge on any atom is -0.392 e. The molecule has 5 nitrogen and oxygen atoms in total. The molecule has 0 radical (unpaired) electrons. The average molecular weight is 298 g/mol. The molecule has 3 aromatic rings. The molecular weight excluding hydrogens is 284 g/mol. The van der Waals surface area contributed by atoms with Gasteiger partial charge in [-0.3, -0.25) is 0 Å². The lowest BCUT2D eigenvalue weighted by Crippen LogP contribution is -1.99. The van der Waals surface area contributed by atoms with Gasteiger partial charge in [0, 0.05) is 11.8 Å². The molecule has 21 heavy (non-hydrogen) atoms. The Hall–Kier alpha value is -2.18. The lowest BCUT2D eigenvalue weighted by molar-refractivity contribution is 0.278. The summed E-state index contributed by atoms with van der Waals surface area (Å²) in [5.74, 6) is 0. The van der Waals surface area contributed by atoms with Gasteiger partial charge in [0.05, 0.1) is 18.0 Å². The normalized spacial score (nSPS) is 10.8. The van der Waals surface area contributed by atoms with Crippen molar-refractivity contribution >= 4 is 11.8 Å². The van der Waals surface area contributed by atoms with E-state index in [-0.39, 0.29) is 6.61 Å². The number of hydrogen-bond acceptors (Lipinski definition) is 5. The summed E-state index contributed by atoms with van der Waals surface area (Å²) in [6, 6.07) is 11.7. The molecule has 1 N–H and O–H groups in total. The Morgan fingerprint density at radius 1 is 1.19 bits per heavy atom. The highest BCUT2D eigenvalue weighted by Crippen LogP contribution is 2.32. The molecule has 3 rings (SSSR count). The van der Waals surface area contributed by atoms with E-state index < -0.39 is 0 Å². The molecule has 2 heterocycles. The Bertz CT molecular complexity index is 728. The van der Waals surface area contributed by atoms with Crippen LogP contribution >= 0.6 is 11.8 Å². The molecule has 0 aliphatic carbocycles. The number of aromatic nitrogens is 4. The van der Waals surface area contributed by atoms with E-state index >= 15 is 0 Å². The topological polar surface area (TPSA) is 63.8 Å². The summed E-state index contributed by atoms with van der Waals surface area (Å²) >= 11 is 1.47. The van der Waals surface area contributed by atoms with Crippen LogP contribution in [0.3, 0.4) is 0 Å². The van der Waals surface area contributed by atoms with E-state index in [0.29, 0.717) is 0 Å². The summed E-state index contributed by atoms with van der Waals surface area (Å²) in [6.07, 6.45) is 3.21. The van der Waals surface area contributed by atoms with E-state index in [0.717, 1.165) is 27.0 Å². The van der Waals surface area contributed by atoms with E-state index in [9.17, 15) is 5.11 Å². The minimum absolute atomic E-state index is 0.0495. The minimum atomic E-state index is -0.0495. The van der Waals surface area contributed by atoms with Crippen molar-refractivity contribution in [2.24, 2.45) is 0 Å². The van der Waals surface area contributed by atoms with Crippen molar-refractivity contribution in [1.29, 1.82) is 0 Å². The number of aliphatic hydroxyl groups is 1. The van der Waals surface area contributed by atoms with Crippen molar-refractivity contribution in [1.82, 2.24) is 19.7 Å². The fourth-order valence-corrected chi connectivity index (χ4v) is 3.00. The molecule has 0 aliphatic rings. The zero-order valence-electron chi connectivity index (χ0n) is 11.5. The van der Waals surface area contributed by atoms with Crippen LogP contribution in [0.15, 0.2) is 59.0 Å². The van der Waals surface area contributed by atoms with E-state index in [1.54, 1.807) is 6.20 Å². The molecule has 1 aromatic carbocycles. The van der Waals surface area contributed by atoms with E-state index in [4.69, 9.17) is 0 Å². The summed E-state index contributed by atoms with van der Waals surface area (Å²) in [6.45, 7) is 1.85. The second-order valence-electron chi connectivity index (χ2n) is 4.42. The van der Waals surface area contributed by atoms with E-state index in [1.165, 1.54) is 18.1 Å². The number of benzene rings is 1. The highest BCUT2D eigenvalue weighted by Gasteiger charge is 2.17. The number of rotatable bonds is 4. The molecule has 0 bridgehead atoms. The van der Waals surface area contributed by atoms with Gasteiger partial charge in [-0.25, -0.2) is 14.6 Å². The zero-order chi connectivity index (χ0) is 14.7. The van der Waals surface area contributed by atoms with Crippen molar-refractivity contribution in [3.63, 3.8) is 0 Å². The summed E-state index contributed by atoms with van der Waals surface area (Å²) in [7, 11) is 0. The van der Waals surface area contributed by atoms with E-state index in [2.05, 4.69) is 15.1 Å². The van der Waals surface area contributed by atoms with Crippen LogP contribution in [0.1, 0.15) is 11.3 Å². The summed E-state index contributed by atoms with van der Waals surface area (Å²) in [5, 5.41) is 15.9. The van der Waals surface area contributed by atoms with Gasteiger partial charge >= 0.3 is 0 Å². The first-order valence-corrected chi connectivity index (χ1v) is 7.30. The fraction of sp³-hybridized carbons (Fsp3) is 0.133. The monoisotopic (exact) mass is 298 g/mol. The molecule has 0 saturated carbocycles. The van der Waals surface area contributed by atoms with Gasteiger partial charge < -0.3 is 5.11 Å². The van der Waals surface area contributed by atoms with Gasteiger partial charge in [-0.2, -0.15) is 5.10 Å². The summed E-state index contributed by atoms with van der Waals surface area (Å²) in [5.41, 5.74) is 2.59. The molecule has 0 amide bonds. The van der Waals surface area contributed by atoms with Crippen LogP contribution in [0, 0.1) is 6.92 Å². The molecule has 6 heteroatoms. The Labute approximate surface area is 126 Å². The van der Waals surface area contributed by atoms with Gasteiger partial charge in [0.2, 0.25) is 0 Å². The average Bonchev–Trinajstić information content (AvgIpc) is 2.85. The van der Waals surface area contributed by atoms with Gasteiger partial charge in [0.1, 0.15) is 16.4 Å². The third-order valence-corrected chi connectivity index (χ3v) is 4.12. The molecule has 2 aromatic heterocycles. The fourth-order valence-electron chi connectivity index (χ4n) is 2.01. The highest BCUT2D eigenvalue weighted by atomic mass is 32.2. The quantitative estimate of drug-likeness (QED) is 0.750. The molecule has 0 fully saturated rings. The van der Waals surface area contributed by atoms with Gasteiger partial charge in [-0.05, 0) is 36.9 Å². The van der Waals surface area contributed by atoms with Gasteiger partial charge in [0.25, 0.3) is 0 Å². The third kappa shape index (κ3) is 2.81. The first kappa shape index (κ1) is 13.8. The second kappa shape index (κ2) is 6.07. The maximum atomic E-state index is 9.64. The SMILES string of the molecule is Cc1nn(-c2ccccc2)c(Sc2ccncn2)c1CO. The van der Waals surface area contributed by atoms with Crippen molar-refractivity contribution in [2.75, 3.05) is 0 Å². The predicted octanol–water partition coefficient (Wildman–Crippen LogP) is 2.61. The highest BCUT2D eigenvalue weighted by molar-refractivity contribution is 7.99. The number of aliphatic hydroxyl groups excluding tert-OH is 1. The molecule has 0 spiro atoms.